The van der Waals surface area contributed by atoms with E-state index in [9.17, 15) is 4.79 Å². The first-order valence-corrected chi connectivity index (χ1v) is 15.2. The predicted molar refractivity (Wildman–Crippen MR) is 172 cm³/mol. The number of likely N-dealkylation sites (N-methyl/N-ethyl adjacent to an activating group) is 1. The second-order valence-electron chi connectivity index (χ2n) is 11.5. The van der Waals surface area contributed by atoms with E-state index in [0.717, 1.165) is 45.3 Å². The summed E-state index contributed by atoms with van der Waals surface area (Å²) < 4.78 is 31.9. The van der Waals surface area contributed by atoms with E-state index in [1.165, 1.54) is 24.3 Å². The van der Waals surface area contributed by atoms with Crippen LogP contribution >= 0.6 is 0 Å². The Morgan fingerprint density at radius 3 is 2.61 bits per heavy atom. The summed E-state index contributed by atoms with van der Waals surface area (Å²) in [7, 11) is 5.16. The number of hydrogen-bond donors (Lipinski definition) is 1. The molecule has 0 bridgehead atoms. The van der Waals surface area contributed by atoms with E-state index in [0.29, 0.717) is 40.5 Å². The zero-order chi connectivity index (χ0) is 31.6. The predicted octanol–water partition coefficient (Wildman–Crippen LogP) is 7.01. The summed E-state index contributed by atoms with van der Waals surface area (Å²) in [4.78, 5) is 28.1. The highest BCUT2D eigenvalue weighted by molar-refractivity contribution is 5.97. The lowest BCUT2D eigenvalue weighted by Gasteiger charge is -2.39. The van der Waals surface area contributed by atoms with Gasteiger partial charge < -0.3 is 29.3 Å². The van der Waals surface area contributed by atoms with Crippen LogP contribution in [0.15, 0.2) is 48.7 Å². The van der Waals surface area contributed by atoms with E-state index >= 15 is 4.39 Å². The van der Waals surface area contributed by atoms with Crippen molar-refractivity contribution in [3.63, 3.8) is 0 Å². The first-order chi connectivity index (χ1) is 21.2. The van der Waals surface area contributed by atoms with Crippen molar-refractivity contribution in [2.24, 2.45) is 5.92 Å². The van der Waals surface area contributed by atoms with Crippen molar-refractivity contribution in [1.82, 2.24) is 14.9 Å². The van der Waals surface area contributed by atoms with Crippen LogP contribution in [0.4, 0.5) is 38.0 Å². The monoisotopic (exact) mass is 608 g/mol. The summed E-state index contributed by atoms with van der Waals surface area (Å²) in [5.74, 6) is 1.75. The number of benzene rings is 2. The molecule has 1 saturated heterocycles. The fourth-order valence-electron chi connectivity index (χ4n) is 5.11. The normalized spacial score (nSPS) is 15.3. The number of amides is 1. The number of ether oxygens (including phenoxy) is 3. The first kappa shape index (κ1) is 32.8. The highest BCUT2D eigenvalue weighted by Gasteiger charge is 2.26. The van der Waals surface area contributed by atoms with Gasteiger partial charge in [-0.25, -0.2) is 19.1 Å². The summed E-state index contributed by atoms with van der Waals surface area (Å²) in [5, 5.41) is 3.08. The topological polar surface area (TPSA) is 92.3 Å². The smallest absolute Gasteiger partial charge is 0.420 e. The Labute approximate surface area is 260 Å². The molecule has 1 N–H and O–H groups in total. The third kappa shape index (κ3) is 8.49. The number of unbranched alkanes of at least 4 members (excludes halogenated alkanes) is 2. The Morgan fingerprint density at radius 2 is 1.91 bits per heavy atom. The van der Waals surface area contributed by atoms with Gasteiger partial charge in [0.25, 0.3) is 0 Å². The van der Waals surface area contributed by atoms with Gasteiger partial charge in [-0.15, -0.1) is 0 Å². The molecule has 0 aliphatic carbocycles. The number of rotatable bonds is 13. The van der Waals surface area contributed by atoms with Gasteiger partial charge in [0.05, 0.1) is 32.2 Å². The Bertz CT molecular complexity index is 1390. The van der Waals surface area contributed by atoms with Crippen LogP contribution in [0.3, 0.4) is 0 Å². The van der Waals surface area contributed by atoms with Crippen molar-refractivity contribution in [2.45, 2.75) is 52.5 Å². The molecule has 11 heteroatoms. The molecule has 4 rings (SSSR count). The Hall–Kier alpha value is -4.12. The third-order valence-corrected chi connectivity index (χ3v) is 7.84. The number of carbonyl (C=O) groups excluding carboxylic acids is 1. The standard InChI is InChI=1S/C33H45FN6O4/c1-23(2)10-8-7-9-19-44-33(41)40(29-14-12-26(42-5)21-30(29)43-6)31-15-16-35-32(37-31)36-25-11-13-28(27(34)20-25)39-18-17-38(4)24(3)22-39/h11-16,20-21,23-24H,7-10,17-19,22H2,1-6H3,(H,35,36,37). The molecular formula is C33H45FN6O4. The Balaban J connectivity index is 1.54. The minimum atomic E-state index is -0.598. The largest absolute Gasteiger partial charge is 0.497 e. The van der Waals surface area contributed by atoms with Crippen molar-refractivity contribution >= 4 is 34.9 Å². The number of hydrogen-bond acceptors (Lipinski definition) is 9. The van der Waals surface area contributed by atoms with E-state index in [1.54, 1.807) is 43.5 Å². The molecule has 44 heavy (non-hydrogen) atoms. The molecule has 1 aliphatic heterocycles. The lowest BCUT2D eigenvalue weighted by molar-refractivity contribution is 0.153. The second kappa shape index (κ2) is 15.6. The fourth-order valence-corrected chi connectivity index (χ4v) is 5.11. The zero-order valence-electron chi connectivity index (χ0n) is 26.7. The Kier molecular flexibility index (Phi) is 11.6. The third-order valence-electron chi connectivity index (χ3n) is 7.84. The fraction of sp³-hybridized carbons (Fsp3) is 0.485. The van der Waals surface area contributed by atoms with E-state index in [2.05, 4.69) is 52.9 Å². The zero-order valence-corrected chi connectivity index (χ0v) is 26.7. The quantitative estimate of drug-likeness (QED) is 0.206. The highest BCUT2D eigenvalue weighted by atomic mass is 19.1. The van der Waals surface area contributed by atoms with Crippen LogP contribution in [-0.2, 0) is 4.74 Å². The molecule has 1 atom stereocenters. The molecule has 1 fully saturated rings. The molecule has 238 valence electrons. The maximum absolute atomic E-state index is 15.2. The van der Waals surface area contributed by atoms with Crippen molar-refractivity contribution in [3.05, 3.63) is 54.5 Å². The minimum absolute atomic E-state index is 0.196. The van der Waals surface area contributed by atoms with Crippen LogP contribution in [-0.4, -0.2) is 74.5 Å². The van der Waals surface area contributed by atoms with E-state index in [-0.39, 0.29) is 24.2 Å². The molecule has 0 spiro atoms. The minimum Gasteiger partial charge on any atom is -0.497 e. The van der Waals surface area contributed by atoms with Gasteiger partial charge in [-0.1, -0.05) is 33.1 Å². The van der Waals surface area contributed by atoms with Gasteiger partial charge >= 0.3 is 6.09 Å². The summed E-state index contributed by atoms with van der Waals surface area (Å²) in [6, 6.07) is 12.1. The first-order valence-electron chi connectivity index (χ1n) is 15.2. The lowest BCUT2D eigenvalue weighted by Crippen LogP contribution is -2.50. The van der Waals surface area contributed by atoms with E-state index in [1.807, 2.05) is 0 Å². The van der Waals surface area contributed by atoms with Crippen molar-refractivity contribution < 1.29 is 23.4 Å². The van der Waals surface area contributed by atoms with Crippen LogP contribution in [0.1, 0.15) is 46.5 Å². The average Bonchev–Trinajstić information content (AvgIpc) is 3.01. The molecule has 1 amide bonds. The number of carbonyl (C=O) groups is 1. The molecule has 2 heterocycles. The van der Waals surface area contributed by atoms with Crippen LogP contribution in [0.25, 0.3) is 0 Å². The van der Waals surface area contributed by atoms with Gasteiger partial charge in [-0.2, -0.15) is 4.98 Å². The highest BCUT2D eigenvalue weighted by Crippen LogP contribution is 2.37. The molecular weight excluding hydrogens is 563 g/mol. The van der Waals surface area contributed by atoms with Crippen molar-refractivity contribution in [1.29, 1.82) is 0 Å². The maximum Gasteiger partial charge on any atom is 0.420 e. The second-order valence-corrected chi connectivity index (χ2v) is 11.5. The molecule has 3 aromatic rings. The summed E-state index contributed by atoms with van der Waals surface area (Å²) >= 11 is 0. The van der Waals surface area contributed by atoms with Crippen molar-refractivity contribution in [2.75, 3.05) is 62.6 Å². The number of anilines is 5. The number of methoxy groups -OCH3 is 2. The molecule has 0 saturated carbocycles. The number of aromatic nitrogens is 2. The molecule has 1 aromatic heterocycles. The average molecular weight is 609 g/mol. The van der Waals surface area contributed by atoms with Gasteiger partial charge in [-0.05, 0) is 56.6 Å². The van der Waals surface area contributed by atoms with Crippen LogP contribution in [0.5, 0.6) is 11.5 Å². The molecule has 2 aromatic carbocycles. The van der Waals surface area contributed by atoms with Gasteiger partial charge in [0.1, 0.15) is 23.1 Å². The number of nitrogens with one attached hydrogen (secondary N) is 1. The van der Waals surface area contributed by atoms with Gasteiger partial charge in [-0.3, -0.25) is 0 Å². The van der Waals surface area contributed by atoms with Gasteiger partial charge in [0, 0.05) is 49.7 Å². The van der Waals surface area contributed by atoms with Crippen LogP contribution in [0, 0.1) is 11.7 Å². The summed E-state index contributed by atoms with van der Waals surface area (Å²) in [6.07, 6.45) is 4.89. The van der Waals surface area contributed by atoms with E-state index in [4.69, 9.17) is 14.2 Å². The molecule has 1 unspecified atom stereocenters. The number of nitrogens with zero attached hydrogens (tertiary/aromatic N) is 5. The molecule has 0 radical (unpaired) electrons. The van der Waals surface area contributed by atoms with Crippen molar-refractivity contribution in [3.8, 4) is 11.5 Å². The Morgan fingerprint density at radius 1 is 1.09 bits per heavy atom. The van der Waals surface area contributed by atoms with Gasteiger partial charge in [0.15, 0.2) is 0 Å². The van der Waals surface area contributed by atoms with E-state index < -0.39 is 6.09 Å². The van der Waals surface area contributed by atoms with Crippen LogP contribution < -0.4 is 24.6 Å². The summed E-state index contributed by atoms with van der Waals surface area (Å²) in [5.41, 5.74) is 1.48. The number of piperazine rings is 1. The maximum atomic E-state index is 15.2. The van der Waals surface area contributed by atoms with Crippen LogP contribution in [0.2, 0.25) is 0 Å². The number of halogens is 1. The molecule has 10 nitrogen and oxygen atoms in total. The lowest BCUT2D eigenvalue weighted by atomic mass is 10.1. The van der Waals surface area contributed by atoms with Gasteiger partial charge in [0.2, 0.25) is 5.95 Å². The molecule has 1 aliphatic rings. The SMILES string of the molecule is COc1ccc(N(C(=O)OCCCCCC(C)C)c2ccnc(Nc3ccc(N4CCN(C)C(C)C4)c(F)c3)n2)c(OC)c1. The summed E-state index contributed by atoms with van der Waals surface area (Å²) in [6.45, 7) is 9.20.